The van der Waals surface area contributed by atoms with Crippen LogP contribution in [0.4, 0.5) is 0 Å². The lowest BCUT2D eigenvalue weighted by molar-refractivity contribution is 0.0742. The van der Waals surface area contributed by atoms with Gasteiger partial charge in [-0.05, 0) is 39.8 Å². The first kappa shape index (κ1) is 14.8. The zero-order valence-corrected chi connectivity index (χ0v) is 13.5. The summed E-state index contributed by atoms with van der Waals surface area (Å²) in [5.41, 5.74) is 0.483. The molecule has 0 aliphatic carbocycles. The Balaban J connectivity index is 1.69. The standard InChI is InChI=1S/C14H23N5OS/c1-14(2)10-18(7-8-21-14)13(20)12-9-19(17-16-12)11-3-5-15-6-4-11/h9,11,15H,3-8,10H2,1-2H3. The number of nitrogens with one attached hydrogen (secondary N) is 1. The van der Waals surface area contributed by atoms with Crippen LogP contribution in [0.25, 0.3) is 0 Å². The van der Waals surface area contributed by atoms with Gasteiger partial charge in [-0.1, -0.05) is 5.21 Å². The predicted octanol–water partition coefficient (Wildman–Crippen LogP) is 1.17. The van der Waals surface area contributed by atoms with E-state index in [2.05, 4.69) is 29.5 Å². The Morgan fingerprint density at radius 1 is 1.43 bits per heavy atom. The largest absolute Gasteiger partial charge is 0.335 e. The van der Waals surface area contributed by atoms with Crippen LogP contribution >= 0.6 is 11.8 Å². The minimum absolute atomic E-state index is 0.0172. The molecular formula is C14H23N5OS. The van der Waals surface area contributed by atoms with Gasteiger partial charge in [-0.15, -0.1) is 5.10 Å². The van der Waals surface area contributed by atoms with Gasteiger partial charge in [0.2, 0.25) is 0 Å². The second kappa shape index (κ2) is 5.96. The molecular weight excluding hydrogens is 286 g/mol. The molecule has 1 amide bonds. The molecule has 0 bridgehead atoms. The number of piperidine rings is 1. The predicted molar refractivity (Wildman–Crippen MR) is 83.6 cm³/mol. The first-order valence-electron chi connectivity index (χ1n) is 7.61. The number of rotatable bonds is 2. The summed E-state index contributed by atoms with van der Waals surface area (Å²) >= 11 is 1.92. The zero-order valence-electron chi connectivity index (χ0n) is 12.7. The van der Waals surface area contributed by atoms with Crippen LogP contribution in [0.5, 0.6) is 0 Å². The Morgan fingerprint density at radius 3 is 2.90 bits per heavy atom. The summed E-state index contributed by atoms with van der Waals surface area (Å²) in [6, 6.07) is 0.369. The van der Waals surface area contributed by atoms with E-state index in [0.717, 1.165) is 44.8 Å². The highest BCUT2D eigenvalue weighted by molar-refractivity contribution is 8.00. The van der Waals surface area contributed by atoms with E-state index >= 15 is 0 Å². The molecule has 0 saturated carbocycles. The number of carbonyl (C=O) groups excluding carboxylic acids is 1. The molecule has 3 rings (SSSR count). The highest BCUT2D eigenvalue weighted by atomic mass is 32.2. The number of hydrogen-bond donors (Lipinski definition) is 1. The van der Waals surface area contributed by atoms with Crippen LogP contribution in [0.15, 0.2) is 6.20 Å². The molecule has 7 heteroatoms. The fourth-order valence-electron chi connectivity index (χ4n) is 2.98. The second-order valence-electron chi connectivity index (χ2n) is 6.40. The monoisotopic (exact) mass is 309 g/mol. The Morgan fingerprint density at radius 2 is 2.19 bits per heavy atom. The highest BCUT2D eigenvalue weighted by Crippen LogP contribution is 2.30. The van der Waals surface area contributed by atoms with Gasteiger partial charge < -0.3 is 10.2 Å². The number of hydrogen-bond acceptors (Lipinski definition) is 5. The molecule has 0 atom stereocenters. The maximum atomic E-state index is 12.6. The lowest BCUT2D eigenvalue weighted by Crippen LogP contribution is -2.46. The maximum absolute atomic E-state index is 12.6. The van der Waals surface area contributed by atoms with E-state index in [1.165, 1.54) is 0 Å². The number of aromatic nitrogens is 3. The molecule has 0 radical (unpaired) electrons. The SMILES string of the molecule is CC1(C)CN(C(=O)c2cn(C3CCNCC3)nn2)CCS1. The fourth-order valence-corrected chi connectivity index (χ4v) is 4.09. The van der Waals surface area contributed by atoms with Crippen LogP contribution in [-0.4, -0.2) is 62.5 Å². The minimum atomic E-state index is 0.0172. The van der Waals surface area contributed by atoms with E-state index in [0.29, 0.717) is 11.7 Å². The molecule has 1 N–H and O–H groups in total. The van der Waals surface area contributed by atoms with Crippen molar-refractivity contribution in [3.8, 4) is 0 Å². The lowest BCUT2D eigenvalue weighted by Gasteiger charge is -2.37. The van der Waals surface area contributed by atoms with Crippen molar-refractivity contribution >= 4 is 17.7 Å². The molecule has 1 aromatic heterocycles. The van der Waals surface area contributed by atoms with Crippen molar-refractivity contribution in [1.29, 1.82) is 0 Å². The first-order chi connectivity index (χ1) is 10.1. The average molecular weight is 309 g/mol. The molecule has 0 spiro atoms. The van der Waals surface area contributed by atoms with E-state index in [1.54, 1.807) is 0 Å². The fraction of sp³-hybridized carbons (Fsp3) is 0.786. The van der Waals surface area contributed by atoms with Gasteiger partial charge in [-0.25, -0.2) is 4.68 Å². The molecule has 3 heterocycles. The van der Waals surface area contributed by atoms with E-state index in [4.69, 9.17) is 0 Å². The smallest absolute Gasteiger partial charge is 0.276 e. The third kappa shape index (κ3) is 3.40. The van der Waals surface area contributed by atoms with Crippen LogP contribution in [-0.2, 0) is 0 Å². The van der Waals surface area contributed by atoms with Crippen molar-refractivity contribution < 1.29 is 4.79 Å². The van der Waals surface area contributed by atoms with E-state index in [9.17, 15) is 4.79 Å². The van der Waals surface area contributed by atoms with Crippen LogP contribution in [0.2, 0.25) is 0 Å². The Kier molecular flexibility index (Phi) is 4.21. The van der Waals surface area contributed by atoms with Crippen molar-refractivity contribution in [2.24, 2.45) is 0 Å². The molecule has 21 heavy (non-hydrogen) atoms. The Hall–Kier alpha value is -1.08. The number of nitrogens with zero attached hydrogens (tertiary/aromatic N) is 4. The van der Waals surface area contributed by atoms with Gasteiger partial charge in [0, 0.05) is 23.6 Å². The van der Waals surface area contributed by atoms with Gasteiger partial charge in [-0.3, -0.25) is 4.79 Å². The first-order valence-corrected chi connectivity index (χ1v) is 8.59. The summed E-state index contributed by atoms with van der Waals surface area (Å²) in [7, 11) is 0. The van der Waals surface area contributed by atoms with Crippen LogP contribution < -0.4 is 5.32 Å². The summed E-state index contributed by atoms with van der Waals surface area (Å²) in [5, 5.41) is 11.6. The second-order valence-corrected chi connectivity index (χ2v) is 8.20. The van der Waals surface area contributed by atoms with Gasteiger partial charge in [0.25, 0.3) is 5.91 Å². The van der Waals surface area contributed by atoms with E-state index in [1.807, 2.05) is 27.5 Å². The quantitative estimate of drug-likeness (QED) is 0.888. The third-order valence-corrected chi connectivity index (χ3v) is 5.42. The summed E-state index contributed by atoms with van der Waals surface area (Å²) in [6.45, 7) is 7.95. The summed E-state index contributed by atoms with van der Waals surface area (Å²) in [6.07, 6.45) is 3.92. The minimum Gasteiger partial charge on any atom is -0.335 e. The average Bonchev–Trinajstić information content (AvgIpc) is 2.96. The normalized spacial score (nSPS) is 23.2. The van der Waals surface area contributed by atoms with Gasteiger partial charge in [0.1, 0.15) is 0 Å². The molecule has 116 valence electrons. The van der Waals surface area contributed by atoms with Crippen LogP contribution in [0, 0.1) is 0 Å². The lowest BCUT2D eigenvalue weighted by atomic mass is 10.1. The summed E-state index contributed by atoms with van der Waals surface area (Å²) in [5.74, 6) is 1.00. The molecule has 2 aliphatic heterocycles. The third-order valence-electron chi connectivity index (χ3n) is 4.13. The molecule has 2 saturated heterocycles. The molecule has 2 aliphatic rings. The van der Waals surface area contributed by atoms with Gasteiger partial charge in [-0.2, -0.15) is 11.8 Å². The highest BCUT2D eigenvalue weighted by Gasteiger charge is 2.31. The van der Waals surface area contributed by atoms with E-state index < -0.39 is 0 Å². The number of amides is 1. The van der Waals surface area contributed by atoms with Crippen molar-refractivity contribution in [3.63, 3.8) is 0 Å². The van der Waals surface area contributed by atoms with Gasteiger partial charge in [0.15, 0.2) is 5.69 Å². The van der Waals surface area contributed by atoms with Gasteiger partial charge in [0.05, 0.1) is 12.2 Å². The van der Waals surface area contributed by atoms with Crippen molar-refractivity contribution in [2.75, 3.05) is 31.9 Å². The van der Waals surface area contributed by atoms with Crippen molar-refractivity contribution in [2.45, 2.75) is 37.5 Å². The molecule has 1 aromatic rings. The Labute approximate surface area is 129 Å². The zero-order chi connectivity index (χ0) is 14.9. The van der Waals surface area contributed by atoms with Crippen molar-refractivity contribution in [3.05, 3.63) is 11.9 Å². The molecule has 0 unspecified atom stereocenters. The number of thioether (sulfide) groups is 1. The maximum Gasteiger partial charge on any atom is 0.276 e. The van der Waals surface area contributed by atoms with E-state index in [-0.39, 0.29) is 10.7 Å². The topological polar surface area (TPSA) is 63.1 Å². The van der Waals surface area contributed by atoms with Crippen LogP contribution in [0.1, 0.15) is 43.2 Å². The summed E-state index contributed by atoms with van der Waals surface area (Å²) < 4.78 is 2.00. The Bertz CT molecular complexity index is 509. The molecule has 6 nitrogen and oxygen atoms in total. The number of carbonyl (C=O) groups is 1. The van der Waals surface area contributed by atoms with Crippen molar-refractivity contribution in [1.82, 2.24) is 25.2 Å². The molecule has 2 fully saturated rings. The van der Waals surface area contributed by atoms with Gasteiger partial charge >= 0.3 is 0 Å². The van der Waals surface area contributed by atoms with Crippen LogP contribution in [0.3, 0.4) is 0 Å². The summed E-state index contributed by atoms with van der Waals surface area (Å²) in [4.78, 5) is 14.5. The molecule has 0 aromatic carbocycles.